The van der Waals surface area contributed by atoms with Crippen molar-refractivity contribution < 1.29 is 14.7 Å². The number of hydrogen-bond donors (Lipinski definition) is 1. The maximum atomic E-state index is 10.6. The van der Waals surface area contributed by atoms with Crippen LogP contribution in [-0.2, 0) is 16.0 Å². The topological polar surface area (TPSA) is 54.4 Å². The highest BCUT2D eigenvalue weighted by Crippen LogP contribution is 2.09. The minimum Gasteiger partial charge on any atom is -0.478 e. The van der Waals surface area contributed by atoms with Gasteiger partial charge in [-0.05, 0) is 24.1 Å². The summed E-state index contributed by atoms with van der Waals surface area (Å²) in [6.07, 6.45) is 2.82. The van der Waals surface area contributed by atoms with Crippen molar-refractivity contribution in [3.63, 3.8) is 0 Å². The van der Waals surface area contributed by atoms with E-state index in [0.29, 0.717) is 6.42 Å². The van der Waals surface area contributed by atoms with Gasteiger partial charge in [0.05, 0.1) is 0 Å². The molecule has 0 aromatic heterocycles. The van der Waals surface area contributed by atoms with E-state index in [9.17, 15) is 9.59 Å². The smallest absolute Gasteiger partial charge is 0.331 e. The van der Waals surface area contributed by atoms with E-state index in [2.05, 4.69) is 0 Å². The minimum absolute atomic E-state index is 0.290. The molecule has 3 heteroatoms. The van der Waals surface area contributed by atoms with Gasteiger partial charge in [-0.15, -0.1) is 0 Å². The summed E-state index contributed by atoms with van der Waals surface area (Å²) >= 11 is 0. The van der Waals surface area contributed by atoms with E-state index in [0.717, 1.165) is 17.4 Å². The van der Waals surface area contributed by atoms with Gasteiger partial charge in [0, 0.05) is 12.0 Å². The van der Waals surface area contributed by atoms with E-state index in [1.54, 1.807) is 25.1 Å². The van der Waals surface area contributed by atoms with Gasteiger partial charge in [-0.3, -0.25) is 0 Å². The van der Waals surface area contributed by atoms with Crippen LogP contribution in [0.3, 0.4) is 0 Å². The highest BCUT2D eigenvalue weighted by atomic mass is 16.4. The maximum absolute atomic E-state index is 10.6. The average Bonchev–Trinajstić information content (AvgIpc) is 2.21. The summed E-state index contributed by atoms with van der Waals surface area (Å²) in [4.78, 5) is 20.8. The maximum Gasteiger partial charge on any atom is 0.331 e. The normalized spacial score (nSPS) is 11.1. The van der Waals surface area contributed by atoms with Gasteiger partial charge in [-0.2, -0.15) is 0 Å². The van der Waals surface area contributed by atoms with Crippen LogP contribution in [0.5, 0.6) is 0 Å². The molecule has 0 aliphatic heterocycles. The van der Waals surface area contributed by atoms with E-state index >= 15 is 0 Å². The lowest BCUT2D eigenvalue weighted by Crippen LogP contribution is -1.95. The molecule has 0 unspecified atom stereocenters. The van der Waals surface area contributed by atoms with Gasteiger partial charge in [0.1, 0.15) is 6.29 Å². The van der Waals surface area contributed by atoms with Crippen LogP contribution in [0.2, 0.25) is 0 Å². The molecule has 0 spiro atoms. The van der Waals surface area contributed by atoms with Crippen molar-refractivity contribution in [2.45, 2.75) is 13.3 Å². The fraction of sp³-hybridized carbons (Fsp3) is 0.167. The van der Waals surface area contributed by atoms with Crippen LogP contribution in [0, 0.1) is 0 Å². The Kier molecular flexibility index (Phi) is 3.80. The lowest BCUT2D eigenvalue weighted by Gasteiger charge is -1.98. The van der Waals surface area contributed by atoms with Crippen LogP contribution >= 0.6 is 0 Å². The van der Waals surface area contributed by atoms with Gasteiger partial charge in [0.25, 0.3) is 0 Å². The third kappa shape index (κ3) is 3.38. The van der Waals surface area contributed by atoms with Crippen LogP contribution in [0.1, 0.15) is 18.1 Å². The highest BCUT2D eigenvalue weighted by molar-refractivity contribution is 5.91. The molecule has 78 valence electrons. The monoisotopic (exact) mass is 204 g/mol. The molecule has 1 rings (SSSR count). The van der Waals surface area contributed by atoms with Gasteiger partial charge in [-0.25, -0.2) is 4.79 Å². The molecule has 1 aromatic rings. The van der Waals surface area contributed by atoms with Gasteiger partial charge >= 0.3 is 5.97 Å². The minimum atomic E-state index is -0.924. The fourth-order valence-corrected chi connectivity index (χ4v) is 1.16. The molecular formula is C12H12O3. The SMILES string of the molecule is C/C(=C\c1ccc(CC=O)cc1)C(=O)O. The summed E-state index contributed by atoms with van der Waals surface area (Å²) in [5.41, 5.74) is 2.04. The molecule has 0 radical (unpaired) electrons. The van der Waals surface area contributed by atoms with Gasteiger partial charge < -0.3 is 9.90 Å². The first kappa shape index (κ1) is 11.2. The molecular weight excluding hydrogens is 192 g/mol. The zero-order chi connectivity index (χ0) is 11.3. The second kappa shape index (κ2) is 5.10. The number of carbonyl (C=O) groups excluding carboxylic acids is 1. The summed E-state index contributed by atoms with van der Waals surface area (Å²) in [6.45, 7) is 1.54. The van der Waals surface area contributed by atoms with Crippen molar-refractivity contribution in [2.75, 3.05) is 0 Å². The standard InChI is InChI=1S/C12H12O3/c1-9(12(14)15)8-11-4-2-10(3-5-11)6-7-13/h2-5,7-8H,6H2,1H3,(H,14,15)/b9-8+. The van der Waals surface area contributed by atoms with Crippen LogP contribution in [-0.4, -0.2) is 17.4 Å². The number of carbonyl (C=O) groups is 2. The van der Waals surface area contributed by atoms with Crippen LogP contribution in [0.25, 0.3) is 6.08 Å². The van der Waals surface area contributed by atoms with E-state index in [1.807, 2.05) is 12.1 Å². The van der Waals surface area contributed by atoms with E-state index in [1.165, 1.54) is 0 Å². The van der Waals surface area contributed by atoms with Crippen molar-refractivity contribution in [1.29, 1.82) is 0 Å². The van der Waals surface area contributed by atoms with Crippen molar-refractivity contribution >= 4 is 18.3 Å². The van der Waals surface area contributed by atoms with E-state index < -0.39 is 5.97 Å². The van der Waals surface area contributed by atoms with Crippen molar-refractivity contribution in [3.8, 4) is 0 Å². The molecule has 0 fully saturated rings. The van der Waals surface area contributed by atoms with Gasteiger partial charge in [0.2, 0.25) is 0 Å². The molecule has 0 bridgehead atoms. The summed E-state index contributed by atoms with van der Waals surface area (Å²) < 4.78 is 0. The van der Waals surface area contributed by atoms with Crippen molar-refractivity contribution in [3.05, 3.63) is 41.0 Å². The second-order valence-electron chi connectivity index (χ2n) is 3.24. The molecule has 0 amide bonds. The Morgan fingerprint density at radius 2 is 1.93 bits per heavy atom. The third-order valence-electron chi connectivity index (χ3n) is 2.02. The summed E-state index contributed by atoms with van der Waals surface area (Å²) in [5.74, 6) is -0.924. The second-order valence-corrected chi connectivity index (χ2v) is 3.24. The Morgan fingerprint density at radius 1 is 1.33 bits per heavy atom. The first-order valence-corrected chi connectivity index (χ1v) is 4.57. The predicted octanol–water partition coefficient (Wildman–Crippen LogP) is 1.92. The molecule has 3 nitrogen and oxygen atoms in total. The lowest BCUT2D eigenvalue weighted by molar-refractivity contribution is -0.132. The first-order chi connectivity index (χ1) is 7.13. The van der Waals surface area contributed by atoms with Crippen LogP contribution in [0.15, 0.2) is 29.8 Å². The number of aliphatic carboxylic acids is 1. The van der Waals surface area contributed by atoms with Crippen molar-refractivity contribution in [2.24, 2.45) is 0 Å². The molecule has 0 aliphatic carbocycles. The highest BCUT2D eigenvalue weighted by Gasteiger charge is 1.99. The third-order valence-corrected chi connectivity index (χ3v) is 2.02. The molecule has 0 atom stereocenters. The number of aldehydes is 1. The molecule has 0 saturated heterocycles. The number of carboxylic acids is 1. The van der Waals surface area contributed by atoms with Gasteiger partial charge in [-0.1, -0.05) is 24.3 Å². The fourth-order valence-electron chi connectivity index (χ4n) is 1.16. The summed E-state index contributed by atoms with van der Waals surface area (Å²) in [7, 11) is 0. The summed E-state index contributed by atoms with van der Waals surface area (Å²) in [5, 5.41) is 8.67. The number of hydrogen-bond acceptors (Lipinski definition) is 2. The molecule has 0 heterocycles. The van der Waals surface area contributed by atoms with E-state index in [4.69, 9.17) is 5.11 Å². The average molecular weight is 204 g/mol. The van der Waals surface area contributed by atoms with Crippen LogP contribution < -0.4 is 0 Å². The number of benzene rings is 1. The molecule has 1 aromatic carbocycles. The number of carboxylic acid groups (broad SMARTS) is 1. The predicted molar refractivity (Wildman–Crippen MR) is 57.5 cm³/mol. The first-order valence-electron chi connectivity index (χ1n) is 4.57. The Bertz CT molecular complexity index is 388. The largest absolute Gasteiger partial charge is 0.478 e. The lowest BCUT2D eigenvalue weighted by atomic mass is 10.1. The van der Waals surface area contributed by atoms with Gasteiger partial charge in [0.15, 0.2) is 0 Å². The Hall–Kier alpha value is -1.90. The Labute approximate surface area is 88.0 Å². The van der Waals surface area contributed by atoms with Crippen molar-refractivity contribution in [1.82, 2.24) is 0 Å². The molecule has 1 N–H and O–H groups in total. The summed E-state index contributed by atoms with van der Waals surface area (Å²) in [6, 6.07) is 7.22. The Balaban J connectivity index is 2.85. The quantitative estimate of drug-likeness (QED) is 0.602. The molecule has 15 heavy (non-hydrogen) atoms. The zero-order valence-electron chi connectivity index (χ0n) is 8.43. The zero-order valence-corrected chi connectivity index (χ0v) is 8.43. The van der Waals surface area contributed by atoms with E-state index in [-0.39, 0.29) is 5.57 Å². The molecule has 0 saturated carbocycles. The number of rotatable bonds is 4. The molecule has 0 aliphatic rings. The Morgan fingerprint density at radius 3 is 2.40 bits per heavy atom. The van der Waals surface area contributed by atoms with Crippen LogP contribution in [0.4, 0.5) is 0 Å².